The van der Waals surface area contributed by atoms with Crippen molar-refractivity contribution in [2.75, 3.05) is 11.9 Å². The summed E-state index contributed by atoms with van der Waals surface area (Å²) in [4.78, 5) is 12.2. The number of benzene rings is 2. The Labute approximate surface area is 131 Å². The molecule has 1 aromatic heterocycles. The molecule has 2 aromatic carbocycles. The highest BCUT2D eigenvalue weighted by Crippen LogP contribution is 2.25. The zero-order valence-corrected chi connectivity index (χ0v) is 12.2. The van der Waals surface area contributed by atoms with Crippen molar-refractivity contribution in [3.05, 3.63) is 66.5 Å². The molecule has 0 spiro atoms. The lowest BCUT2D eigenvalue weighted by Crippen LogP contribution is -2.12. The van der Waals surface area contributed by atoms with Gasteiger partial charge in [-0.2, -0.15) is 5.10 Å². The first-order valence-corrected chi connectivity index (χ1v) is 6.96. The Morgan fingerprint density at radius 3 is 2.83 bits per heavy atom. The van der Waals surface area contributed by atoms with Crippen LogP contribution >= 0.6 is 0 Å². The van der Waals surface area contributed by atoms with Gasteiger partial charge >= 0.3 is 0 Å². The summed E-state index contributed by atoms with van der Waals surface area (Å²) in [5, 5.41) is 10.4. The molecule has 5 nitrogen and oxygen atoms in total. The van der Waals surface area contributed by atoms with Crippen LogP contribution < -0.4 is 10.1 Å². The second-order valence-electron chi connectivity index (χ2n) is 4.84. The van der Waals surface area contributed by atoms with Gasteiger partial charge in [-0.15, -0.1) is 0 Å². The molecule has 3 aromatic rings. The molecule has 1 amide bonds. The molecular weight excluding hydrogens is 297 g/mol. The third kappa shape index (κ3) is 3.21. The fraction of sp³-hybridized carbons (Fsp3) is 0.0588. The number of hydrogen-bond acceptors (Lipinski definition) is 3. The molecule has 0 aliphatic heterocycles. The molecule has 1 heterocycles. The van der Waals surface area contributed by atoms with E-state index in [1.807, 2.05) is 6.07 Å². The molecule has 3 rings (SSSR count). The van der Waals surface area contributed by atoms with Crippen molar-refractivity contribution in [3.8, 4) is 5.75 Å². The number of anilines is 1. The van der Waals surface area contributed by atoms with Crippen LogP contribution in [0, 0.1) is 5.82 Å². The van der Waals surface area contributed by atoms with Gasteiger partial charge in [-0.25, -0.2) is 4.39 Å². The molecule has 6 heteroatoms. The first-order chi connectivity index (χ1) is 11.2. The minimum absolute atomic E-state index is 0.349. The van der Waals surface area contributed by atoms with Crippen molar-refractivity contribution in [1.29, 1.82) is 0 Å². The van der Waals surface area contributed by atoms with E-state index in [1.165, 1.54) is 24.3 Å². The highest BCUT2D eigenvalue weighted by molar-refractivity contribution is 6.07. The van der Waals surface area contributed by atoms with E-state index in [-0.39, 0.29) is 5.91 Å². The minimum Gasteiger partial charge on any atom is -0.490 e. The first-order valence-electron chi connectivity index (χ1n) is 6.96. The molecular formula is C17H14FN3O2. The standard InChI is InChI=1S/C17H14FN3O2/c1-2-9-23-13-7-8-15-14(10-13)16(21-20-15)19-17(22)11-3-5-12(18)6-4-11/h2-8,10H,1,9H2,(H2,19,20,21,22). The second-order valence-corrected chi connectivity index (χ2v) is 4.84. The van der Waals surface area contributed by atoms with Crippen LogP contribution in [0.1, 0.15) is 10.4 Å². The number of rotatable bonds is 5. The van der Waals surface area contributed by atoms with Crippen LogP contribution in [-0.4, -0.2) is 22.7 Å². The zero-order valence-electron chi connectivity index (χ0n) is 12.2. The number of ether oxygens (including phenoxy) is 1. The maximum absolute atomic E-state index is 12.9. The normalized spacial score (nSPS) is 10.5. The number of fused-ring (bicyclic) bond motifs is 1. The molecule has 0 saturated heterocycles. The van der Waals surface area contributed by atoms with Gasteiger partial charge in [0, 0.05) is 10.9 Å². The number of nitrogens with zero attached hydrogens (tertiary/aromatic N) is 1. The van der Waals surface area contributed by atoms with E-state index in [1.54, 1.807) is 18.2 Å². The third-order valence-electron chi connectivity index (χ3n) is 3.24. The van der Waals surface area contributed by atoms with E-state index >= 15 is 0 Å². The van der Waals surface area contributed by atoms with Crippen LogP contribution in [0.25, 0.3) is 10.9 Å². The fourth-order valence-corrected chi connectivity index (χ4v) is 2.11. The van der Waals surface area contributed by atoms with Gasteiger partial charge in [0.05, 0.1) is 5.52 Å². The maximum Gasteiger partial charge on any atom is 0.256 e. The summed E-state index contributed by atoms with van der Waals surface area (Å²) in [6.07, 6.45) is 1.65. The highest BCUT2D eigenvalue weighted by Gasteiger charge is 2.12. The van der Waals surface area contributed by atoms with Crippen LogP contribution in [-0.2, 0) is 0 Å². The number of nitrogens with one attached hydrogen (secondary N) is 2. The van der Waals surface area contributed by atoms with Gasteiger partial charge < -0.3 is 10.1 Å². The first kappa shape index (κ1) is 14.8. The van der Waals surface area contributed by atoms with E-state index in [0.29, 0.717) is 23.7 Å². The lowest BCUT2D eigenvalue weighted by molar-refractivity contribution is 0.102. The van der Waals surface area contributed by atoms with Crippen molar-refractivity contribution >= 4 is 22.6 Å². The Morgan fingerprint density at radius 1 is 1.30 bits per heavy atom. The lowest BCUT2D eigenvalue weighted by atomic mass is 10.2. The van der Waals surface area contributed by atoms with Gasteiger partial charge in [-0.05, 0) is 42.5 Å². The van der Waals surface area contributed by atoms with E-state index in [9.17, 15) is 9.18 Å². The van der Waals surface area contributed by atoms with Crippen molar-refractivity contribution in [3.63, 3.8) is 0 Å². The van der Waals surface area contributed by atoms with Gasteiger partial charge in [0.1, 0.15) is 18.2 Å². The fourth-order valence-electron chi connectivity index (χ4n) is 2.11. The molecule has 23 heavy (non-hydrogen) atoms. The van der Waals surface area contributed by atoms with E-state index in [0.717, 1.165) is 10.9 Å². The number of H-pyrrole nitrogens is 1. The molecule has 0 atom stereocenters. The molecule has 0 aliphatic rings. The number of aromatic nitrogens is 2. The predicted molar refractivity (Wildman–Crippen MR) is 86.1 cm³/mol. The number of aromatic amines is 1. The van der Waals surface area contributed by atoms with Crippen molar-refractivity contribution in [2.24, 2.45) is 0 Å². The minimum atomic E-state index is -0.393. The quantitative estimate of drug-likeness (QED) is 0.708. The molecule has 2 N–H and O–H groups in total. The van der Waals surface area contributed by atoms with E-state index in [4.69, 9.17) is 4.74 Å². The number of carbonyl (C=O) groups excluding carboxylic acids is 1. The molecule has 116 valence electrons. The summed E-state index contributed by atoms with van der Waals surface area (Å²) in [6, 6.07) is 10.7. The molecule has 0 radical (unpaired) electrons. The number of carbonyl (C=O) groups is 1. The second kappa shape index (κ2) is 6.31. The Balaban J connectivity index is 1.85. The zero-order chi connectivity index (χ0) is 16.2. The Bertz CT molecular complexity index is 856. The highest BCUT2D eigenvalue weighted by atomic mass is 19.1. The summed E-state index contributed by atoms with van der Waals surface area (Å²) in [5.74, 6) is 0.279. The molecule has 0 saturated carbocycles. The van der Waals surface area contributed by atoms with Crippen LogP contribution in [0.5, 0.6) is 5.75 Å². The van der Waals surface area contributed by atoms with Gasteiger partial charge in [0.2, 0.25) is 0 Å². The topological polar surface area (TPSA) is 67.0 Å². The van der Waals surface area contributed by atoms with Crippen LogP contribution in [0.3, 0.4) is 0 Å². The van der Waals surface area contributed by atoms with Crippen LogP contribution in [0.15, 0.2) is 55.1 Å². The monoisotopic (exact) mass is 311 g/mol. The van der Waals surface area contributed by atoms with Crippen LogP contribution in [0.2, 0.25) is 0 Å². The van der Waals surface area contributed by atoms with Gasteiger partial charge in [-0.1, -0.05) is 12.7 Å². The molecule has 0 unspecified atom stereocenters. The van der Waals surface area contributed by atoms with Crippen LogP contribution in [0.4, 0.5) is 10.2 Å². The Kier molecular flexibility index (Phi) is 4.05. The number of amides is 1. The maximum atomic E-state index is 12.9. The molecule has 0 bridgehead atoms. The van der Waals surface area contributed by atoms with Crippen molar-refractivity contribution in [2.45, 2.75) is 0 Å². The number of hydrogen-bond donors (Lipinski definition) is 2. The lowest BCUT2D eigenvalue weighted by Gasteiger charge is -2.05. The smallest absolute Gasteiger partial charge is 0.256 e. The van der Waals surface area contributed by atoms with Gasteiger partial charge in [-0.3, -0.25) is 9.89 Å². The van der Waals surface area contributed by atoms with Gasteiger partial charge in [0.15, 0.2) is 5.82 Å². The number of halogens is 1. The van der Waals surface area contributed by atoms with Crippen molar-refractivity contribution < 1.29 is 13.9 Å². The van der Waals surface area contributed by atoms with E-state index in [2.05, 4.69) is 22.1 Å². The Hall–Kier alpha value is -3.15. The van der Waals surface area contributed by atoms with Gasteiger partial charge in [0.25, 0.3) is 5.91 Å². The SMILES string of the molecule is C=CCOc1ccc2[nH]nc(NC(=O)c3ccc(F)cc3)c2c1. The summed E-state index contributed by atoms with van der Waals surface area (Å²) in [7, 11) is 0. The third-order valence-corrected chi connectivity index (χ3v) is 3.24. The Morgan fingerprint density at radius 2 is 2.09 bits per heavy atom. The molecule has 0 fully saturated rings. The largest absolute Gasteiger partial charge is 0.490 e. The predicted octanol–water partition coefficient (Wildman–Crippen LogP) is 3.52. The average Bonchev–Trinajstić information content (AvgIpc) is 2.96. The summed E-state index contributed by atoms with van der Waals surface area (Å²) < 4.78 is 18.4. The summed E-state index contributed by atoms with van der Waals surface area (Å²) in [6.45, 7) is 3.99. The van der Waals surface area contributed by atoms with Crippen molar-refractivity contribution in [1.82, 2.24) is 10.2 Å². The van der Waals surface area contributed by atoms with E-state index < -0.39 is 5.82 Å². The average molecular weight is 311 g/mol. The summed E-state index contributed by atoms with van der Waals surface area (Å²) in [5.41, 5.74) is 1.12. The summed E-state index contributed by atoms with van der Waals surface area (Å²) >= 11 is 0. The molecule has 0 aliphatic carbocycles.